The largest absolute Gasteiger partial charge is 0.497 e. The van der Waals surface area contributed by atoms with Gasteiger partial charge in [0.15, 0.2) is 5.78 Å². The van der Waals surface area contributed by atoms with E-state index in [1.54, 1.807) is 37.5 Å². The molecule has 5 nitrogen and oxygen atoms in total. The Morgan fingerprint density at radius 2 is 1.65 bits per heavy atom. The number of benzene rings is 2. The minimum absolute atomic E-state index is 0.160. The molecule has 0 atom stereocenters. The van der Waals surface area contributed by atoms with Crippen LogP contribution in [0, 0.1) is 0 Å². The molecule has 0 unspecified atom stereocenters. The van der Waals surface area contributed by atoms with Gasteiger partial charge in [-0.1, -0.05) is 18.2 Å². The van der Waals surface area contributed by atoms with E-state index in [1.165, 1.54) is 6.08 Å². The number of ketones is 1. The summed E-state index contributed by atoms with van der Waals surface area (Å²) in [5.74, 6) is 0.592. The highest BCUT2D eigenvalue weighted by Gasteiger charge is 2.04. The van der Waals surface area contributed by atoms with Crippen LogP contribution in [0.15, 0.2) is 54.6 Å². The lowest BCUT2D eigenvalue weighted by Gasteiger charge is -2.04. The van der Waals surface area contributed by atoms with Gasteiger partial charge < -0.3 is 4.74 Å². The molecule has 0 spiro atoms. The minimum atomic E-state index is -3.32. The number of methoxy groups -OCH3 is 1. The topological polar surface area (TPSA) is 72.5 Å². The zero-order chi connectivity index (χ0) is 16.9. The van der Waals surface area contributed by atoms with Gasteiger partial charge in [-0.2, -0.15) is 0 Å². The highest BCUT2D eigenvalue weighted by Crippen LogP contribution is 2.14. The summed E-state index contributed by atoms with van der Waals surface area (Å²) in [5, 5.41) is 0. The Morgan fingerprint density at radius 3 is 2.17 bits per heavy atom. The highest BCUT2D eigenvalue weighted by molar-refractivity contribution is 7.92. The Morgan fingerprint density at radius 1 is 1.04 bits per heavy atom. The molecule has 0 aliphatic rings. The van der Waals surface area contributed by atoms with Gasteiger partial charge in [-0.25, -0.2) is 8.42 Å². The number of ether oxygens (including phenoxy) is 1. The van der Waals surface area contributed by atoms with Crippen LogP contribution in [0.2, 0.25) is 0 Å². The second kappa shape index (κ2) is 7.11. The minimum Gasteiger partial charge on any atom is -0.497 e. The van der Waals surface area contributed by atoms with Crippen molar-refractivity contribution in [3.63, 3.8) is 0 Å². The lowest BCUT2D eigenvalue weighted by Crippen LogP contribution is -2.09. The average Bonchev–Trinajstić information content (AvgIpc) is 2.52. The number of allylic oxidation sites excluding steroid dienone is 1. The summed E-state index contributed by atoms with van der Waals surface area (Å²) < 4.78 is 29.7. The molecule has 0 aromatic heterocycles. The molecule has 0 fully saturated rings. The van der Waals surface area contributed by atoms with E-state index in [0.29, 0.717) is 11.3 Å². The van der Waals surface area contributed by atoms with Gasteiger partial charge in [0.05, 0.1) is 13.4 Å². The molecule has 1 N–H and O–H groups in total. The Balaban J connectivity index is 2.06. The van der Waals surface area contributed by atoms with E-state index in [4.69, 9.17) is 4.74 Å². The predicted molar refractivity (Wildman–Crippen MR) is 91.3 cm³/mol. The summed E-state index contributed by atoms with van der Waals surface area (Å²) in [6.07, 6.45) is 4.26. The molecule has 0 bridgehead atoms. The molecule has 0 aliphatic carbocycles. The van der Waals surface area contributed by atoms with Crippen molar-refractivity contribution in [1.29, 1.82) is 0 Å². The van der Waals surface area contributed by atoms with Crippen molar-refractivity contribution in [2.24, 2.45) is 0 Å². The number of rotatable bonds is 6. The number of carbonyl (C=O) groups excluding carboxylic acids is 1. The molecule has 23 heavy (non-hydrogen) atoms. The lowest BCUT2D eigenvalue weighted by molar-refractivity contribution is 0.104. The first kappa shape index (κ1) is 16.8. The van der Waals surface area contributed by atoms with E-state index in [9.17, 15) is 13.2 Å². The van der Waals surface area contributed by atoms with Crippen LogP contribution in [-0.4, -0.2) is 27.6 Å². The maximum atomic E-state index is 12.1. The summed E-state index contributed by atoms with van der Waals surface area (Å²) in [7, 11) is -1.73. The smallest absolute Gasteiger partial charge is 0.229 e. The number of carbonyl (C=O) groups is 1. The zero-order valence-electron chi connectivity index (χ0n) is 12.8. The first-order chi connectivity index (χ1) is 10.9. The Labute approximate surface area is 135 Å². The van der Waals surface area contributed by atoms with E-state index >= 15 is 0 Å². The van der Waals surface area contributed by atoms with Gasteiger partial charge in [0.2, 0.25) is 10.0 Å². The molecule has 120 valence electrons. The fourth-order valence-electron chi connectivity index (χ4n) is 1.90. The van der Waals surface area contributed by atoms with Crippen molar-refractivity contribution in [3.05, 3.63) is 65.7 Å². The van der Waals surface area contributed by atoms with E-state index in [2.05, 4.69) is 4.72 Å². The van der Waals surface area contributed by atoms with Crippen LogP contribution < -0.4 is 9.46 Å². The van der Waals surface area contributed by atoms with Crippen LogP contribution in [0.3, 0.4) is 0 Å². The van der Waals surface area contributed by atoms with Gasteiger partial charge in [-0.05, 0) is 48.0 Å². The third-order valence-electron chi connectivity index (χ3n) is 3.02. The second-order valence-corrected chi connectivity index (χ2v) is 6.67. The quantitative estimate of drug-likeness (QED) is 0.652. The zero-order valence-corrected chi connectivity index (χ0v) is 13.6. The molecule has 2 rings (SSSR count). The standard InChI is InChI=1S/C17H17NO4S/c1-22-16-10-3-13(4-11-16)5-12-17(19)14-6-8-15(9-7-14)18-23(2,20)21/h3-12,18H,1-2H3/b12-5+. The van der Waals surface area contributed by atoms with Crippen molar-refractivity contribution in [3.8, 4) is 5.75 Å². The van der Waals surface area contributed by atoms with Gasteiger partial charge >= 0.3 is 0 Å². The summed E-state index contributed by atoms with van der Waals surface area (Å²) >= 11 is 0. The number of anilines is 1. The monoisotopic (exact) mass is 331 g/mol. The Hall–Kier alpha value is -2.60. The Bertz CT molecular complexity index is 807. The van der Waals surface area contributed by atoms with Gasteiger partial charge in [0.1, 0.15) is 5.75 Å². The number of sulfonamides is 1. The first-order valence-electron chi connectivity index (χ1n) is 6.82. The van der Waals surface area contributed by atoms with Crippen molar-refractivity contribution >= 4 is 27.6 Å². The molecule has 0 radical (unpaired) electrons. The lowest BCUT2D eigenvalue weighted by atomic mass is 10.1. The molecule has 6 heteroatoms. The number of hydrogen-bond acceptors (Lipinski definition) is 4. The predicted octanol–water partition coefficient (Wildman–Crippen LogP) is 2.96. The van der Waals surface area contributed by atoms with Crippen LogP contribution in [-0.2, 0) is 10.0 Å². The van der Waals surface area contributed by atoms with Crippen molar-refractivity contribution in [1.82, 2.24) is 0 Å². The molecule has 0 aliphatic heterocycles. The first-order valence-corrected chi connectivity index (χ1v) is 8.71. The molecule has 0 amide bonds. The maximum Gasteiger partial charge on any atom is 0.229 e. The van der Waals surface area contributed by atoms with Gasteiger partial charge in [-0.3, -0.25) is 9.52 Å². The molecule has 2 aromatic carbocycles. The van der Waals surface area contributed by atoms with Gasteiger partial charge in [0.25, 0.3) is 0 Å². The van der Waals surface area contributed by atoms with Crippen LogP contribution in [0.5, 0.6) is 5.75 Å². The van der Waals surface area contributed by atoms with Crippen LogP contribution >= 0.6 is 0 Å². The van der Waals surface area contributed by atoms with E-state index in [-0.39, 0.29) is 5.78 Å². The van der Waals surface area contributed by atoms with Crippen molar-refractivity contribution in [2.45, 2.75) is 0 Å². The fraction of sp³-hybridized carbons (Fsp3) is 0.118. The van der Waals surface area contributed by atoms with Gasteiger partial charge in [-0.15, -0.1) is 0 Å². The van der Waals surface area contributed by atoms with E-state index in [1.807, 2.05) is 24.3 Å². The summed E-state index contributed by atoms with van der Waals surface area (Å²) in [4.78, 5) is 12.1. The van der Waals surface area contributed by atoms with Gasteiger partial charge in [0, 0.05) is 11.3 Å². The summed E-state index contributed by atoms with van der Waals surface area (Å²) in [5.41, 5.74) is 1.78. The fourth-order valence-corrected chi connectivity index (χ4v) is 2.46. The SMILES string of the molecule is COc1ccc(/C=C/C(=O)c2ccc(NS(C)(=O)=O)cc2)cc1. The molecular weight excluding hydrogens is 314 g/mol. The molecular formula is C17H17NO4S. The normalized spacial score (nSPS) is 11.4. The van der Waals surface area contributed by atoms with Crippen molar-refractivity contribution < 1.29 is 17.9 Å². The van der Waals surface area contributed by atoms with E-state index in [0.717, 1.165) is 17.6 Å². The molecule has 2 aromatic rings. The molecule has 0 saturated heterocycles. The highest BCUT2D eigenvalue weighted by atomic mass is 32.2. The maximum absolute atomic E-state index is 12.1. The van der Waals surface area contributed by atoms with Crippen LogP contribution in [0.1, 0.15) is 15.9 Å². The van der Waals surface area contributed by atoms with Crippen molar-refractivity contribution in [2.75, 3.05) is 18.1 Å². The third-order valence-corrected chi connectivity index (χ3v) is 3.62. The summed E-state index contributed by atoms with van der Waals surface area (Å²) in [6.45, 7) is 0. The number of hydrogen-bond donors (Lipinski definition) is 1. The van der Waals surface area contributed by atoms with Crippen LogP contribution in [0.4, 0.5) is 5.69 Å². The Kier molecular flexibility index (Phi) is 5.18. The van der Waals surface area contributed by atoms with E-state index < -0.39 is 10.0 Å². The second-order valence-electron chi connectivity index (χ2n) is 4.92. The summed E-state index contributed by atoms with van der Waals surface area (Å²) in [6, 6.07) is 13.6. The third kappa shape index (κ3) is 5.27. The molecule has 0 saturated carbocycles. The van der Waals surface area contributed by atoms with Crippen LogP contribution in [0.25, 0.3) is 6.08 Å². The average molecular weight is 331 g/mol. The number of nitrogens with one attached hydrogen (secondary N) is 1. The molecule has 0 heterocycles.